The Balaban J connectivity index is 1.84. The number of nitrogens with one attached hydrogen (secondary N) is 1. The lowest BCUT2D eigenvalue weighted by atomic mass is 10.0. The van der Waals surface area contributed by atoms with Crippen molar-refractivity contribution in [3.8, 4) is 0 Å². The zero-order valence-corrected chi connectivity index (χ0v) is 16.7. The molecule has 0 radical (unpaired) electrons. The molecular weight excluding hydrogens is 374 g/mol. The Morgan fingerprint density at radius 1 is 1.31 bits per heavy atom. The molecule has 29 heavy (non-hydrogen) atoms. The van der Waals surface area contributed by atoms with Gasteiger partial charge in [-0.2, -0.15) is 0 Å². The number of carbonyl (C=O) groups excluding carboxylic acids is 1. The van der Waals surface area contributed by atoms with E-state index in [0.717, 1.165) is 5.39 Å². The normalized spacial score (nSPS) is 27.3. The van der Waals surface area contributed by atoms with Crippen molar-refractivity contribution in [1.82, 2.24) is 9.55 Å². The van der Waals surface area contributed by atoms with E-state index in [9.17, 15) is 19.8 Å². The van der Waals surface area contributed by atoms with Crippen LogP contribution in [0.5, 0.6) is 0 Å². The van der Waals surface area contributed by atoms with Crippen molar-refractivity contribution >= 4 is 22.5 Å². The molecule has 4 atom stereocenters. The molecule has 3 N–H and O–H groups in total. The minimum Gasteiger partial charge on any atom is -0.393 e. The fourth-order valence-corrected chi connectivity index (χ4v) is 4.56. The second-order valence-corrected chi connectivity index (χ2v) is 8.12. The van der Waals surface area contributed by atoms with Gasteiger partial charge in [-0.1, -0.05) is 0 Å². The lowest BCUT2D eigenvalue weighted by molar-refractivity contribution is -0.0135. The third-order valence-electron chi connectivity index (χ3n) is 6.11. The molecule has 4 rings (SSSR count). The van der Waals surface area contributed by atoms with Crippen LogP contribution in [-0.4, -0.2) is 57.0 Å². The van der Waals surface area contributed by atoms with Gasteiger partial charge in [-0.05, 0) is 45.1 Å². The molecule has 0 bridgehead atoms. The van der Waals surface area contributed by atoms with Crippen LogP contribution in [0.1, 0.15) is 54.6 Å². The van der Waals surface area contributed by atoms with E-state index in [1.54, 1.807) is 23.8 Å². The van der Waals surface area contributed by atoms with Gasteiger partial charge >= 0.3 is 0 Å². The third-order valence-corrected chi connectivity index (χ3v) is 6.11. The van der Waals surface area contributed by atoms with Gasteiger partial charge in [0.05, 0.1) is 35.9 Å². The average molecular weight is 401 g/mol. The number of aromatic nitrogens is 2. The highest BCUT2D eigenvalue weighted by atomic mass is 16.5. The maximum atomic E-state index is 13.3. The summed E-state index contributed by atoms with van der Waals surface area (Å²) in [6, 6.07) is 1.46. The molecule has 8 heteroatoms. The zero-order valence-electron chi connectivity index (χ0n) is 16.7. The zero-order chi connectivity index (χ0) is 20.7. The highest BCUT2D eigenvalue weighted by Gasteiger charge is 2.29. The molecule has 1 saturated heterocycles. The third kappa shape index (κ3) is 3.68. The number of aliphatic hydroxyl groups excluding tert-OH is 2. The van der Waals surface area contributed by atoms with Crippen molar-refractivity contribution in [3.05, 3.63) is 33.7 Å². The molecule has 156 valence electrons. The van der Waals surface area contributed by atoms with Gasteiger partial charge in [0.15, 0.2) is 5.78 Å². The predicted molar refractivity (Wildman–Crippen MR) is 108 cm³/mol. The first kappa shape index (κ1) is 20.0. The number of fused-ring (bicyclic) bond motifs is 1. The number of hydrogen-bond acceptors (Lipinski definition) is 7. The largest absolute Gasteiger partial charge is 0.393 e. The lowest BCUT2D eigenvalue weighted by Crippen LogP contribution is -2.42. The molecule has 0 spiro atoms. The number of ether oxygens (including phenoxy) is 1. The number of rotatable bonds is 4. The van der Waals surface area contributed by atoms with E-state index in [1.165, 1.54) is 6.92 Å². The van der Waals surface area contributed by atoms with E-state index < -0.39 is 12.2 Å². The first-order valence-corrected chi connectivity index (χ1v) is 10.1. The van der Waals surface area contributed by atoms with Crippen molar-refractivity contribution in [2.75, 3.05) is 18.5 Å². The molecule has 0 aromatic carbocycles. The van der Waals surface area contributed by atoms with Gasteiger partial charge in [0, 0.05) is 30.3 Å². The van der Waals surface area contributed by atoms with Gasteiger partial charge in [0.2, 0.25) is 0 Å². The molecule has 8 nitrogen and oxygen atoms in total. The Morgan fingerprint density at radius 3 is 2.76 bits per heavy atom. The highest BCUT2D eigenvalue weighted by molar-refractivity contribution is 6.00. The van der Waals surface area contributed by atoms with Crippen LogP contribution >= 0.6 is 0 Å². The van der Waals surface area contributed by atoms with E-state index in [0.29, 0.717) is 49.2 Å². The second kappa shape index (κ2) is 7.85. The number of hydrogen-bond donors (Lipinski definition) is 3. The number of nitrogens with zero attached hydrogens (tertiary/aromatic N) is 2. The van der Waals surface area contributed by atoms with Crippen molar-refractivity contribution in [2.24, 2.45) is 0 Å². The van der Waals surface area contributed by atoms with E-state index in [4.69, 9.17) is 4.74 Å². The Hall–Kier alpha value is -2.29. The van der Waals surface area contributed by atoms with Crippen LogP contribution in [0.15, 0.2) is 17.1 Å². The van der Waals surface area contributed by atoms with Gasteiger partial charge < -0.3 is 24.8 Å². The standard InChI is InChI=1S/C21H27N3O5/c1-11-15-9-22-19(23-16-5-6-29-10-18(16)27)8-17(15)24(13-3-4-14(26)7-13)21(28)20(11)12(2)25/h8-9,13-14,16,18,26-27H,3-7,10H2,1-2H3,(H,22,23)/t13-,14+,16-,18-/m1/s1. The van der Waals surface area contributed by atoms with Crippen LogP contribution < -0.4 is 10.9 Å². The number of pyridine rings is 2. The summed E-state index contributed by atoms with van der Waals surface area (Å²) < 4.78 is 6.93. The monoisotopic (exact) mass is 401 g/mol. The summed E-state index contributed by atoms with van der Waals surface area (Å²) in [7, 11) is 0. The highest BCUT2D eigenvalue weighted by Crippen LogP contribution is 2.33. The van der Waals surface area contributed by atoms with Crippen LogP contribution in [0.2, 0.25) is 0 Å². The molecule has 1 aliphatic heterocycles. The lowest BCUT2D eigenvalue weighted by Gasteiger charge is -2.29. The Morgan fingerprint density at radius 2 is 2.10 bits per heavy atom. The summed E-state index contributed by atoms with van der Waals surface area (Å²) in [6.07, 6.45) is 3.06. The molecule has 0 unspecified atom stereocenters. The first-order chi connectivity index (χ1) is 13.9. The molecule has 2 aliphatic rings. The smallest absolute Gasteiger partial charge is 0.262 e. The summed E-state index contributed by atoms with van der Waals surface area (Å²) in [5, 5.41) is 24.2. The number of aliphatic hydroxyl groups is 2. The molecule has 1 aliphatic carbocycles. The maximum absolute atomic E-state index is 13.3. The second-order valence-electron chi connectivity index (χ2n) is 8.12. The fraction of sp³-hybridized carbons (Fsp3) is 0.571. The van der Waals surface area contributed by atoms with Gasteiger partial charge in [-0.15, -0.1) is 0 Å². The van der Waals surface area contributed by atoms with Crippen LogP contribution in [0, 0.1) is 6.92 Å². The number of anilines is 1. The summed E-state index contributed by atoms with van der Waals surface area (Å²) in [5.74, 6) is 0.291. The Bertz CT molecular complexity index is 1000. The molecule has 1 saturated carbocycles. The SMILES string of the molecule is CC(=O)c1c(C)c2cnc(N[C@@H]3CCOC[C@H]3O)cc2n([C@@H]2CC[C@H](O)C2)c1=O. The number of Topliss-reactive ketones (excluding diaryl/α,β-unsaturated/α-hetero) is 1. The minimum atomic E-state index is -0.629. The van der Waals surface area contributed by atoms with Crippen LogP contribution in [-0.2, 0) is 4.74 Å². The van der Waals surface area contributed by atoms with Crippen LogP contribution in [0.25, 0.3) is 10.9 Å². The van der Waals surface area contributed by atoms with Crippen molar-refractivity contribution in [2.45, 2.75) is 63.8 Å². The molecule has 2 aromatic rings. The van der Waals surface area contributed by atoms with E-state index in [2.05, 4.69) is 10.3 Å². The van der Waals surface area contributed by atoms with Gasteiger partial charge in [-0.25, -0.2) is 4.98 Å². The number of carbonyl (C=O) groups is 1. The van der Waals surface area contributed by atoms with Crippen molar-refractivity contribution < 1.29 is 19.7 Å². The van der Waals surface area contributed by atoms with Crippen LogP contribution in [0.3, 0.4) is 0 Å². The molecule has 2 aromatic heterocycles. The summed E-state index contributed by atoms with van der Waals surface area (Å²) in [4.78, 5) is 29.9. The van der Waals surface area contributed by atoms with Crippen molar-refractivity contribution in [1.29, 1.82) is 0 Å². The quantitative estimate of drug-likeness (QED) is 0.666. The first-order valence-electron chi connectivity index (χ1n) is 10.1. The Labute approximate surface area is 168 Å². The summed E-state index contributed by atoms with van der Waals surface area (Å²) >= 11 is 0. The number of aryl methyl sites for hydroxylation is 1. The van der Waals surface area contributed by atoms with E-state index >= 15 is 0 Å². The summed E-state index contributed by atoms with van der Waals surface area (Å²) in [6.45, 7) is 4.01. The fourth-order valence-electron chi connectivity index (χ4n) is 4.56. The summed E-state index contributed by atoms with van der Waals surface area (Å²) in [5.41, 5.74) is 1.18. The maximum Gasteiger partial charge on any atom is 0.262 e. The van der Waals surface area contributed by atoms with Gasteiger partial charge in [0.25, 0.3) is 5.56 Å². The van der Waals surface area contributed by atoms with Crippen LogP contribution in [0.4, 0.5) is 5.82 Å². The van der Waals surface area contributed by atoms with Gasteiger partial charge in [-0.3, -0.25) is 9.59 Å². The van der Waals surface area contributed by atoms with E-state index in [1.807, 2.05) is 0 Å². The van der Waals surface area contributed by atoms with Crippen molar-refractivity contribution in [3.63, 3.8) is 0 Å². The molecular formula is C21H27N3O5. The average Bonchev–Trinajstić information content (AvgIpc) is 3.09. The minimum absolute atomic E-state index is 0.164. The predicted octanol–water partition coefficient (Wildman–Crippen LogP) is 1.56. The van der Waals surface area contributed by atoms with Gasteiger partial charge in [0.1, 0.15) is 5.82 Å². The number of ketones is 1. The molecule has 0 amide bonds. The molecule has 2 fully saturated rings. The molecule has 3 heterocycles. The van der Waals surface area contributed by atoms with E-state index in [-0.39, 0.29) is 35.6 Å². The Kier molecular flexibility index (Phi) is 5.42. The topological polar surface area (TPSA) is 114 Å².